The summed E-state index contributed by atoms with van der Waals surface area (Å²) in [5.41, 5.74) is 5.63. The molecule has 52 heavy (non-hydrogen) atoms. The van der Waals surface area contributed by atoms with Gasteiger partial charge in [0.25, 0.3) is 0 Å². The normalized spacial score (nSPS) is 18.4. The summed E-state index contributed by atoms with van der Waals surface area (Å²) in [4.78, 5) is 25.3. The molecule has 2 fully saturated rings. The summed E-state index contributed by atoms with van der Waals surface area (Å²) in [6.45, 7) is 1.99. The Morgan fingerprint density at radius 3 is 1.42 bits per heavy atom. The number of anilines is 2. The molecule has 0 bridgehead atoms. The monoisotopic (exact) mass is 698 g/mol. The molecule has 0 radical (unpaired) electrons. The van der Waals surface area contributed by atoms with Crippen LogP contribution in [0.15, 0.2) is 109 Å². The Morgan fingerprint density at radius 2 is 1.02 bits per heavy atom. The molecule has 0 saturated carbocycles. The number of rotatable bonds is 8. The molecule has 0 aliphatic carbocycles. The van der Waals surface area contributed by atoms with Crippen LogP contribution in [0.4, 0.5) is 21.0 Å². The molecule has 4 aromatic carbocycles. The van der Waals surface area contributed by atoms with E-state index in [-0.39, 0.29) is 36.2 Å². The van der Waals surface area contributed by atoms with Crippen LogP contribution in [-0.2, 0) is 0 Å². The molecule has 2 saturated heterocycles. The first-order chi connectivity index (χ1) is 25.6. The van der Waals surface area contributed by atoms with Crippen molar-refractivity contribution >= 4 is 45.2 Å². The Kier molecular flexibility index (Phi) is 11.3. The fourth-order valence-electron chi connectivity index (χ4n) is 7.14. The number of carbonyl (C=O) groups is 2. The molecular weight excluding hydrogens is 653 g/mol. The van der Waals surface area contributed by atoms with E-state index in [9.17, 15) is 9.59 Å². The van der Waals surface area contributed by atoms with Crippen LogP contribution in [0.5, 0.6) is 0 Å². The van der Waals surface area contributed by atoms with Crippen LogP contribution >= 0.6 is 0 Å². The van der Waals surface area contributed by atoms with Crippen LogP contribution in [-0.4, -0.2) is 57.6 Å². The van der Waals surface area contributed by atoms with Gasteiger partial charge in [-0.2, -0.15) is 10.2 Å². The summed E-state index contributed by atoms with van der Waals surface area (Å²) in [5.74, 6) is 0. The van der Waals surface area contributed by atoms with Crippen LogP contribution in [0.3, 0.4) is 0 Å². The van der Waals surface area contributed by atoms with E-state index in [1.807, 2.05) is 72.8 Å². The summed E-state index contributed by atoms with van der Waals surface area (Å²) in [6, 6.07) is 31.7. The number of piperidine rings is 2. The van der Waals surface area contributed by atoms with E-state index in [0.717, 1.165) is 70.2 Å². The lowest BCUT2D eigenvalue weighted by atomic mass is 9.92. The lowest BCUT2D eigenvalue weighted by Gasteiger charge is -2.32. The Hall–Kier alpha value is -5.72. The average Bonchev–Trinajstić information content (AvgIpc) is 3.87. The lowest BCUT2D eigenvalue weighted by molar-refractivity contribution is 0.240. The van der Waals surface area contributed by atoms with Gasteiger partial charge < -0.3 is 31.9 Å². The van der Waals surface area contributed by atoms with Gasteiger partial charge in [0.2, 0.25) is 0 Å². The molecule has 2 aromatic heterocycles. The highest BCUT2D eigenvalue weighted by atomic mass is 16.2. The first kappa shape index (κ1) is 34.7. The number of nitrogens with one attached hydrogen (secondary N) is 8. The Morgan fingerprint density at radius 1 is 0.577 bits per heavy atom. The number of fused-ring (bicyclic) bond motifs is 2. The van der Waals surface area contributed by atoms with E-state index in [1.165, 1.54) is 25.7 Å². The second kappa shape index (κ2) is 17.0. The first-order valence-electron chi connectivity index (χ1n) is 18.2. The molecule has 268 valence electrons. The summed E-state index contributed by atoms with van der Waals surface area (Å²) in [5, 5.41) is 35.1. The van der Waals surface area contributed by atoms with Gasteiger partial charge in [-0.05, 0) is 86.3 Å². The van der Waals surface area contributed by atoms with Crippen molar-refractivity contribution in [2.45, 2.75) is 62.7 Å². The van der Waals surface area contributed by atoms with Crippen LogP contribution in [0, 0.1) is 0 Å². The number of urea groups is 2. The maximum atomic E-state index is 12.6. The predicted octanol–water partition coefficient (Wildman–Crippen LogP) is 7.14. The second-order valence-corrected chi connectivity index (χ2v) is 13.4. The smallest absolute Gasteiger partial charge is 0.319 e. The minimum absolute atomic E-state index is 0.0610. The lowest BCUT2D eigenvalue weighted by Crippen LogP contribution is -2.47. The van der Waals surface area contributed by atoms with Gasteiger partial charge in [-0.15, -0.1) is 0 Å². The van der Waals surface area contributed by atoms with Gasteiger partial charge in [-0.3, -0.25) is 10.2 Å². The zero-order valence-electron chi connectivity index (χ0n) is 29.1. The van der Waals surface area contributed by atoms with Crippen molar-refractivity contribution in [3.63, 3.8) is 0 Å². The molecular formula is C40H46N10O2. The van der Waals surface area contributed by atoms with Gasteiger partial charge in [0.15, 0.2) is 0 Å². The van der Waals surface area contributed by atoms with E-state index >= 15 is 0 Å². The van der Waals surface area contributed by atoms with Crippen LogP contribution in [0.25, 0.3) is 21.8 Å². The van der Waals surface area contributed by atoms with E-state index < -0.39 is 0 Å². The van der Waals surface area contributed by atoms with E-state index in [4.69, 9.17) is 0 Å². The Labute approximate surface area is 302 Å². The summed E-state index contributed by atoms with van der Waals surface area (Å²) < 4.78 is 0. The largest absolute Gasteiger partial charge is 0.329 e. The van der Waals surface area contributed by atoms with E-state index in [2.05, 4.69) is 76.6 Å². The molecule has 8 N–H and O–H groups in total. The minimum atomic E-state index is -0.200. The first-order valence-corrected chi connectivity index (χ1v) is 18.2. The number of amides is 4. The van der Waals surface area contributed by atoms with Crippen molar-refractivity contribution < 1.29 is 9.59 Å². The average molecular weight is 699 g/mol. The number of hydrogen-bond donors (Lipinski definition) is 8. The number of hydrogen-bond acceptors (Lipinski definition) is 6. The summed E-state index contributed by atoms with van der Waals surface area (Å²) >= 11 is 0. The van der Waals surface area contributed by atoms with Gasteiger partial charge in [0.05, 0.1) is 35.5 Å². The van der Waals surface area contributed by atoms with Gasteiger partial charge in [0.1, 0.15) is 0 Å². The van der Waals surface area contributed by atoms with Crippen molar-refractivity contribution in [3.05, 3.63) is 121 Å². The molecule has 8 rings (SSSR count). The zero-order chi connectivity index (χ0) is 35.5. The quantitative estimate of drug-likeness (QED) is 0.0843. The maximum Gasteiger partial charge on any atom is 0.319 e. The number of aromatic nitrogens is 4. The van der Waals surface area contributed by atoms with Crippen LogP contribution < -0.4 is 31.9 Å². The molecule has 6 aromatic rings. The van der Waals surface area contributed by atoms with E-state index in [0.29, 0.717) is 0 Å². The molecule has 4 heterocycles. The highest BCUT2D eigenvalue weighted by Crippen LogP contribution is 2.25. The Balaban J connectivity index is 0.000000162. The van der Waals surface area contributed by atoms with Crippen molar-refractivity contribution in [2.75, 3.05) is 23.7 Å². The van der Waals surface area contributed by atoms with Gasteiger partial charge in [-0.1, -0.05) is 73.5 Å². The molecule has 0 unspecified atom stereocenters. The van der Waals surface area contributed by atoms with Crippen molar-refractivity contribution in [1.29, 1.82) is 0 Å². The molecule has 2 aliphatic heterocycles. The third-order valence-electron chi connectivity index (χ3n) is 9.79. The number of H-pyrrole nitrogens is 2. The second-order valence-electron chi connectivity index (χ2n) is 13.4. The van der Waals surface area contributed by atoms with Gasteiger partial charge in [-0.25, -0.2) is 9.59 Å². The fourth-order valence-corrected chi connectivity index (χ4v) is 7.14. The molecule has 12 heteroatoms. The number of nitrogens with zero attached hydrogens (tertiary/aromatic N) is 2. The SMILES string of the molecule is O=C(Nc1ccc2[nH]ncc2c1)N[C@@H](c1ccccc1)[C@@H]1CCCCN1.O=C(Nc1ccc2[nH]ncc2c1)N[C@H](c1ccccc1)[C@H]1CCCCN1. The van der Waals surface area contributed by atoms with Gasteiger partial charge >= 0.3 is 12.1 Å². The molecule has 12 nitrogen and oxygen atoms in total. The van der Waals surface area contributed by atoms with E-state index in [1.54, 1.807) is 12.4 Å². The summed E-state index contributed by atoms with van der Waals surface area (Å²) in [7, 11) is 0. The molecule has 4 amide bonds. The van der Waals surface area contributed by atoms with Crippen molar-refractivity contribution in [2.24, 2.45) is 0 Å². The van der Waals surface area contributed by atoms with Gasteiger partial charge in [0, 0.05) is 34.2 Å². The maximum absolute atomic E-state index is 12.6. The highest BCUT2D eigenvalue weighted by molar-refractivity contribution is 5.93. The number of aromatic amines is 2. The standard InChI is InChI=1S/2C20H23N5O/c2*26-20(23-16-9-10-17-15(12-16)13-22-25-17)24-19(14-6-2-1-3-7-14)18-8-4-5-11-21-18/h2*1-3,6-7,9-10,12-13,18-19,21H,4-5,8,11H2,(H,22,25)(H2,23,24,26)/t2*18-,19-/m10/s1. The molecule has 4 atom stereocenters. The third-order valence-corrected chi connectivity index (χ3v) is 9.79. The van der Waals surface area contributed by atoms with Crippen molar-refractivity contribution in [1.82, 2.24) is 41.7 Å². The zero-order valence-corrected chi connectivity index (χ0v) is 29.1. The third kappa shape index (κ3) is 8.95. The highest BCUT2D eigenvalue weighted by Gasteiger charge is 2.27. The molecule has 0 spiro atoms. The number of carbonyl (C=O) groups excluding carboxylic acids is 2. The summed E-state index contributed by atoms with van der Waals surface area (Å²) in [6.07, 6.45) is 10.3. The molecule has 2 aliphatic rings. The topological polar surface area (TPSA) is 164 Å². The predicted molar refractivity (Wildman–Crippen MR) is 206 cm³/mol. The minimum Gasteiger partial charge on any atom is -0.329 e. The van der Waals surface area contributed by atoms with Crippen LogP contribution in [0.2, 0.25) is 0 Å². The van der Waals surface area contributed by atoms with Crippen molar-refractivity contribution in [3.8, 4) is 0 Å². The van der Waals surface area contributed by atoms with Crippen LogP contribution in [0.1, 0.15) is 61.7 Å². The Bertz CT molecular complexity index is 1890. The fraction of sp³-hybridized carbons (Fsp3) is 0.300. The number of benzene rings is 4.